The van der Waals surface area contributed by atoms with Crippen molar-refractivity contribution in [1.82, 2.24) is 9.97 Å². The molecule has 2 N–H and O–H groups in total. The molecule has 192 valence electrons. The Labute approximate surface area is 221 Å². The van der Waals surface area contributed by atoms with Crippen LogP contribution >= 0.6 is 11.3 Å². The Morgan fingerprint density at radius 1 is 1.03 bits per heavy atom. The molecule has 0 aliphatic heterocycles. The van der Waals surface area contributed by atoms with Crippen molar-refractivity contribution in [3.05, 3.63) is 64.8 Å². The number of anilines is 3. The number of nitrogens with zero attached hydrogens (tertiary/aromatic N) is 2. The number of aromatic nitrogens is 2. The average molecular weight is 517 g/mol. The molecule has 5 rings (SSSR count). The zero-order valence-electron chi connectivity index (χ0n) is 21.8. The van der Waals surface area contributed by atoms with Gasteiger partial charge in [-0.15, -0.1) is 11.3 Å². The largest absolute Gasteiger partial charge is 0.494 e. The van der Waals surface area contributed by atoms with Crippen molar-refractivity contribution in [2.75, 3.05) is 24.9 Å². The molecule has 2 aromatic heterocycles. The summed E-state index contributed by atoms with van der Waals surface area (Å²) in [5, 5.41) is 7.48. The molecule has 0 radical (unpaired) electrons. The molecule has 7 nitrogen and oxygen atoms in total. The van der Waals surface area contributed by atoms with Crippen molar-refractivity contribution in [3.63, 3.8) is 0 Å². The third-order valence-electron chi connectivity index (χ3n) is 7.13. The van der Waals surface area contributed by atoms with Gasteiger partial charge in [-0.2, -0.15) is 0 Å². The van der Waals surface area contributed by atoms with Gasteiger partial charge in [0, 0.05) is 22.6 Å². The number of ether oxygens (including phenoxy) is 2. The third-order valence-corrected chi connectivity index (χ3v) is 8.29. The fourth-order valence-corrected chi connectivity index (χ4v) is 6.22. The van der Waals surface area contributed by atoms with Crippen molar-refractivity contribution in [2.45, 2.75) is 40.0 Å². The van der Waals surface area contributed by atoms with Gasteiger partial charge in [-0.1, -0.05) is 39.0 Å². The van der Waals surface area contributed by atoms with Crippen molar-refractivity contribution in [2.24, 2.45) is 11.3 Å². The zero-order chi connectivity index (χ0) is 26.2. The van der Waals surface area contributed by atoms with Crippen LogP contribution in [0, 0.1) is 11.3 Å². The van der Waals surface area contributed by atoms with Crippen molar-refractivity contribution >= 4 is 44.7 Å². The molecule has 0 saturated carbocycles. The van der Waals surface area contributed by atoms with Crippen LogP contribution < -0.4 is 20.1 Å². The van der Waals surface area contributed by atoms with E-state index in [0.29, 0.717) is 34.4 Å². The van der Waals surface area contributed by atoms with Gasteiger partial charge in [0.05, 0.1) is 31.0 Å². The van der Waals surface area contributed by atoms with Crippen LogP contribution in [0.2, 0.25) is 0 Å². The number of rotatable bonds is 6. The number of hydrogen-bond donors (Lipinski definition) is 2. The number of hydrogen-bond acceptors (Lipinski definition) is 7. The molecule has 1 unspecified atom stereocenters. The van der Waals surface area contributed by atoms with Crippen molar-refractivity contribution in [1.29, 1.82) is 0 Å². The maximum atomic E-state index is 12.8. The van der Waals surface area contributed by atoms with Crippen LogP contribution in [0.25, 0.3) is 10.2 Å². The molecule has 4 aromatic rings. The molecule has 0 spiro atoms. The molecule has 1 aliphatic carbocycles. The Hall–Kier alpha value is -3.65. The summed E-state index contributed by atoms with van der Waals surface area (Å²) in [7, 11) is 3.18. The standard InChI is InChI=1S/C29H32N4O3S/c1-29(2,3)18-11-12-19-24(13-18)37-28-25(19)26(30-16-31-28)32-20-14-23(36-5)21(15-22(20)35-4)33-27(34)17-9-7-6-8-10-17/h6-10,14-16,18H,11-13H2,1-5H3,(H,33,34)(H,30,31,32). The summed E-state index contributed by atoms with van der Waals surface area (Å²) in [5.41, 5.74) is 3.40. The normalized spacial score (nSPS) is 15.2. The Balaban J connectivity index is 1.48. The highest BCUT2D eigenvalue weighted by molar-refractivity contribution is 7.19. The highest BCUT2D eigenvalue weighted by Gasteiger charge is 2.32. The maximum Gasteiger partial charge on any atom is 0.255 e. The number of benzene rings is 2. The number of carbonyl (C=O) groups is 1. The van der Waals surface area contributed by atoms with E-state index in [2.05, 4.69) is 41.4 Å². The topological polar surface area (TPSA) is 85.4 Å². The highest BCUT2D eigenvalue weighted by Crippen LogP contribution is 2.45. The number of amides is 1. The lowest BCUT2D eigenvalue weighted by Crippen LogP contribution is -2.26. The van der Waals surface area contributed by atoms with E-state index in [4.69, 9.17) is 9.47 Å². The molecule has 0 bridgehead atoms. The van der Waals surface area contributed by atoms with Gasteiger partial charge in [-0.3, -0.25) is 4.79 Å². The Morgan fingerprint density at radius 2 is 1.73 bits per heavy atom. The summed E-state index contributed by atoms with van der Waals surface area (Å²) >= 11 is 1.77. The Morgan fingerprint density at radius 3 is 2.43 bits per heavy atom. The summed E-state index contributed by atoms with van der Waals surface area (Å²) in [6.45, 7) is 6.98. The molecule has 2 aromatic carbocycles. The van der Waals surface area contributed by atoms with Crippen molar-refractivity contribution < 1.29 is 14.3 Å². The first kappa shape index (κ1) is 25.0. The lowest BCUT2D eigenvalue weighted by molar-refractivity contribution is 0.102. The lowest BCUT2D eigenvalue weighted by Gasteiger charge is -2.33. The molecule has 1 aliphatic rings. The first-order valence-electron chi connectivity index (χ1n) is 12.4. The minimum Gasteiger partial charge on any atom is -0.494 e. The number of fused-ring (bicyclic) bond motifs is 3. The van der Waals surface area contributed by atoms with Gasteiger partial charge in [0.2, 0.25) is 0 Å². The molecular formula is C29H32N4O3S. The summed E-state index contributed by atoms with van der Waals surface area (Å²) in [6.07, 6.45) is 4.85. The summed E-state index contributed by atoms with van der Waals surface area (Å²) in [4.78, 5) is 24.4. The summed E-state index contributed by atoms with van der Waals surface area (Å²) in [5.74, 6) is 2.25. The first-order chi connectivity index (χ1) is 17.8. The Bertz CT molecular complexity index is 1440. The van der Waals surface area contributed by atoms with Gasteiger partial charge in [-0.25, -0.2) is 9.97 Å². The fraction of sp³-hybridized carbons (Fsp3) is 0.345. The minimum atomic E-state index is -0.224. The summed E-state index contributed by atoms with van der Waals surface area (Å²) in [6, 6.07) is 12.6. The van der Waals surface area contributed by atoms with Gasteiger partial charge in [0.1, 0.15) is 28.5 Å². The predicted molar refractivity (Wildman–Crippen MR) is 150 cm³/mol. The van der Waals surface area contributed by atoms with Gasteiger partial charge in [0.25, 0.3) is 5.91 Å². The van der Waals surface area contributed by atoms with E-state index in [1.807, 2.05) is 24.3 Å². The SMILES string of the molecule is COc1cc(Nc2ncnc3sc4c(c23)CCC(C(C)(C)C)C4)c(OC)cc1NC(=O)c1ccccc1. The zero-order valence-corrected chi connectivity index (χ0v) is 22.7. The van der Waals surface area contributed by atoms with E-state index in [1.54, 1.807) is 50.1 Å². The molecule has 2 heterocycles. The van der Waals surface area contributed by atoms with Crippen LogP contribution in [0.15, 0.2) is 48.8 Å². The Kier molecular flexibility index (Phi) is 6.77. The number of thiophene rings is 1. The second-order valence-corrected chi connectivity index (χ2v) is 11.5. The minimum absolute atomic E-state index is 0.224. The maximum absolute atomic E-state index is 12.8. The monoisotopic (exact) mass is 516 g/mol. The highest BCUT2D eigenvalue weighted by atomic mass is 32.1. The van der Waals surface area contributed by atoms with E-state index < -0.39 is 0 Å². The van der Waals surface area contributed by atoms with Gasteiger partial charge in [-0.05, 0) is 48.3 Å². The summed E-state index contributed by atoms with van der Waals surface area (Å²) < 4.78 is 11.3. The van der Waals surface area contributed by atoms with E-state index in [-0.39, 0.29) is 11.3 Å². The molecule has 0 fully saturated rings. The van der Waals surface area contributed by atoms with Gasteiger partial charge >= 0.3 is 0 Å². The third kappa shape index (κ3) is 4.98. The average Bonchev–Trinajstić information content (AvgIpc) is 3.28. The number of nitrogens with one attached hydrogen (secondary N) is 2. The van der Waals surface area contributed by atoms with Gasteiger partial charge in [0.15, 0.2) is 0 Å². The van der Waals surface area contributed by atoms with E-state index >= 15 is 0 Å². The molecule has 37 heavy (non-hydrogen) atoms. The fourth-order valence-electron chi connectivity index (χ4n) is 4.95. The van der Waals surface area contributed by atoms with Crippen LogP contribution in [0.5, 0.6) is 11.5 Å². The molecule has 1 atom stereocenters. The van der Waals surface area contributed by atoms with Gasteiger partial charge < -0.3 is 20.1 Å². The number of aryl methyl sites for hydroxylation is 1. The first-order valence-corrected chi connectivity index (χ1v) is 13.2. The van der Waals surface area contributed by atoms with Crippen LogP contribution in [-0.4, -0.2) is 30.1 Å². The molecule has 0 saturated heterocycles. The van der Waals surface area contributed by atoms with E-state index in [1.165, 1.54) is 10.4 Å². The molecular weight excluding hydrogens is 484 g/mol. The quantitative estimate of drug-likeness (QED) is 0.291. The van der Waals surface area contributed by atoms with Crippen LogP contribution in [0.4, 0.5) is 17.2 Å². The number of methoxy groups -OCH3 is 2. The molecule has 1 amide bonds. The van der Waals surface area contributed by atoms with E-state index in [9.17, 15) is 4.79 Å². The molecule has 8 heteroatoms. The lowest BCUT2D eigenvalue weighted by atomic mass is 9.72. The van der Waals surface area contributed by atoms with Crippen molar-refractivity contribution in [3.8, 4) is 11.5 Å². The van der Waals surface area contributed by atoms with Crippen LogP contribution in [0.1, 0.15) is 48.0 Å². The van der Waals surface area contributed by atoms with Crippen LogP contribution in [-0.2, 0) is 12.8 Å². The second kappa shape index (κ2) is 10.0. The second-order valence-electron chi connectivity index (χ2n) is 10.4. The van der Waals surface area contributed by atoms with E-state index in [0.717, 1.165) is 35.3 Å². The smallest absolute Gasteiger partial charge is 0.255 e. The van der Waals surface area contributed by atoms with Crippen LogP contribution in [0.3, 0.4) is 0 Å². The number of carbonyl (C=O) groups excluding carboxylic acids is 1. The predicted octanol–water partition coefficient (Wildman–Crippen LogP) is 6.86.